The van der Waals surface area contributed by atoms with E-state index in [1.165, 1.54) is 12.1 Å². The molecule has 0 spiro atoms. The molecule has 36 heavy (non-hydrogen) atoms. The van der Waals surface area contributed by atoms with Gasteiger partial charge in [-0.05, 0) is 62.4 Å². The normalized spacial score (nSPS) is 25.5. The van der Waals surface area contributed by atoms with Crippen LogP contribution in [0.25, 0.3) is 16.9 Å². The molecule has 3 aromatic rings. The first kappa shape index (κ1) is 21.9. The number of piperazine rings is 1. The van der Waals surface area contributed by atoms with E-state index in [9.17, 15) is 19.1 Å². The minimum atomic E-state index is -1.27. The Morgan fingerprint density at radius 3 is 2.47 bits per heavy atom. The average Bonchev–Trinajstić information content (AvgIpc) is 3.40. The van der Waals surface area contributed by atoms with Gasteiger partial charge in [0, 0.05) is 31.0 Å². The van der Waals surface area contributed by atoms with E-state index in [1.807, 2.05) is 11.8 Å². The standard InChI is InChI=1S/C27H29FN5O3/c1-25(10-11-25)19-14-20(17-4-6-18(28)7-5-17)29-32-15-21-23(34)31-13-12-30(24(35)27(36)8-3-9-27)16-26(31,2)33(21)22(19)32/h4-7,14-15,36H,3,8-13,16H2,1-2H3/q+1. The first-order chi connectivity index (χ1) is 17.1. The van der Waals surface area contributed by atoms with Crippen molar-refractivity contribution in [3.63, 3.8) is 0 Å². The van der Waals surface area contributed by atoms with Crippen LogP contribution in [0.2, 0.25) is 0 Å². The fraction of sp³-hybridized carbons (Fsp3) is 0.481. The molecule has 0 bridgehead atoms. The zero-order valence-electron chi connectivity index (χ0n) is 20.5. The van der Waals surface area contributed by atoms with Crippen LogP contribution >= 0.6 is 0 Å². The fourth-order valence-electron chi connectivity index (χ4n) is 6.25. The van der Waals surface area contributed by atoms with Gasteiger partial charge in [0.2, 0.25) is 11.4 Å². The molecule has 2 aliphatic heterocycles. The van der Waals surface area contributed by atoms with Crippen molar-refractivity contribution < 1.29 is 23.7 Å². The topological polar surface area (TPSA) is 82.0 Å². The number of nitrogens with zero attached hydrogens (tertiary/aromatic N) is 5. The summed E-state index contributed by atoms with van der Waals surface area (Å²) in [5.41, 5.74) is 1.93. The molecular formula is C27H29FN5O3+. The van der Waals surface area contributed by atoms with Crippen molar-refractivity contribution in [3.8, 4) is 11.3 Å². The van der Waals surface area contributed by atoms with E-state index >= 15 is 0 Å². The van der Waals surface area contributed by atoms with Gasteiger partial charge in [0.15, 0.2) is 6.20 Å². The molecule has 2 aromatic heterocycles. The summed E-state index contributed by atoms with van der Waals surface area (Å²) in [6, 6.07) is 8.36. The molecule has 0 radical (unpaired) electrons. The summed E-state index contributed by atoms with van der Waals surface area (Å²) < 4.78 is 17.4. The van der Waals surface area contributed by atoms with Gasteiger partial charge in [-0.25, -0.2) is 4.39 Å². The molecule has 1 aromatic carbocycles. The Hall–Kier alpha value is -3.33. The lowest BCUT2D eigenvalue weighted by Gasteiger charge is -2.46. The fourth-order valence-corrected chi connectivity index (χ4v) is 6.25. The summed E-state index contributed by atoms with van der Waals surface area (Å²) in [4.78, 5) is 30.4. The highest BCUT2D eigenvalue weighted by atomic mass is 19.1. The molecule has 1 saturated heterocycles. The maximum absolute atomic E-state index is 13.6. The highest BCUT2D eigenvalue weighted by molar-refractivity contribution is 5.93. The van der Waals surface area contributed by atoms with Crippen molar-refractivity contribution in [2.75, 3.05) is 19.6 Å². The summed E-state index contributed by atoms with van der Waals surface area (Å²) >= 11 is 0. The molecule has 4 heterocycles. The lowest BCUT2D eigenvalue weighted by atomic mass is 9.79. The van der Waals surface area contributed by atoms with Crippen LogP contribution in [0.3, 0.4) is 0 Å². The average molecular weight is 491 g/mol. The third-order valence-corrected chi connectivity index (χ3v) is 8.92. The number of hydrogen-bond acceptors (Lipinski definition) is 4. The second-order valence-corrected chi connectivity index (χ2v) is 11.4. The molecule has 186 valence electrons. The van der Waals surface area contributed by atoms with Crippen molar-refractivity contribution in [3.05, 3.63) is 53.6 Å². The quantitative estimate of drug-likeness (QED) is 0.572. The number of carbonyl (C=O) groups excluding carboxylic acids is 2. The van der Waals surface area contributed by atoms with Crippen molar-refractivity contribution in [1.82, 2.24) is 19.4 Å². The van der Waals surface area contributed by atoms with E-state index in [0.717, 1.165) is 41.7 Å². The van der Waals surface area contributed by atoms with Crippen LogP contribution in [0.15, 0.2) is 36.5 Å². The summed E-state index contributed by atoms with van der Waals surface area (Å²) in [5, 5.41) is 15.6. The number of fused-ring (bicyclic) bond motifs is 5. The molecule has 2 aliphatic carbocycles. The lowest BCUT2D eigenvalue weighted by Crippen LogP contribution is -2.71. The highest BCUT2D eigenvalue weighted by Gasteiger charge is 2.59. The smallest absolute Gasteiger partial charge is 0.313 e. The predicted molar refractivity (Wildman–Crippen MR) is 127 cm³/mol. The maximum Gasteiger partial charge on any atom is 0.313 e. The number of amides is 2. The number of rotatable bonds is 3. The Morgan fingerprint density at radius 2 is 1.83 bits per heavy atom. The van der Waals surface area contributed by atoms with Crippen LogP contribution in [0.1, 0.15) is 62.0 Å². The van der Waals surface area contributed by atoms with Crippen LogP contribution in [0.4, 0.5) is 4.39 Å². The van der Waals surface area contributed by atoms with E-state index in [2.05, 4.69) is 17.6 Å². The molecule has 2 amide bonds. The van der Waals surface area contributed by atoms with Gasteiger partial charge in [-0.15, -0.1) is 0 Å². The number of aliphatic hydroxyl groups is 1. The molecule has 4 aliphatic rings. The number of hydrogen-bond donors (Lipinski definition) is 1. The molecule has 1 atom stereocenters. The summed E-state index contributed by atoms with van der Waals surface area (Å²) in [6.45, 7) is 5.36. The SMILES string of the molecule is CC1(c2cc(-c3ccc(F)cc3)nn3cc4[n+](c23)C2(C)CN(C(=O)C3(O)CCC3)CCN2C4=O)CC1. The zero-order valence-corrected chi connectivity index (χ0v) is 20.5. The predicted octanol–water partition coefficient (Wildman–Crippen LogP) is 2.37. The second kappa shape index (κ2) is 6.91. The highest BCUT2D eigenvalue weighted by Crippen LogP contribution is 2.50. The van der Waals surface area contributed by atoms with E-state index in [-0.39, 0.29) is 23.0 Å². The van der Waals surface area contributed by atoms with Gasteiger partial charge in [-0.1, -0.05) is 16.5 Å². The Kier molecular flexibility index (Phi) is 4.20. The molecule has 3 fully saturated rings. The van der Waals surface area contributed by atoms with Crippen LogP contribution < -0.4 is 4.57 Å². The lowest BCUT2D eigenvalue weighted by molar-refractivity contribution is -0.749. The Bertz CT molecular complexity index is 1460. The van der Waals surface area contributed by atoms with Crippen molar-refractivity contribution in [2.24, 2.45) is 0 Å². The van der Waals surface area contributed by atoms with E-state index in [0.29, 0.717) is 38.2 Å². The molecule has 9 heteroatoms. The Labute approximate surface area is 207 Å². The number of aromatic nitrogens is 3. The minimum absolute atomic E-state index is 0.0455. The first-order valence-corrected chi connectivity index (χ1v) is 12.7. The molecule has 1 unspecified atom stereocenters. The van der Waals surface area contributed by atoms with E-state index < -0.39 is 11.3 Å². The monoisotopic (exact) mass is 490 g/mol. The molecule has 2 saturated carbocycles. The largest absolute Gasteiger partial charge is 0.380 e. The van der Waals surface area contributed by atoms with Gasteiger partial charge in [-0.3, -0.25) is 14.5 Å². The molecular weight excluding hydrogens is 461 g/mol. The van der Waals surface area contributed by atoms with Gasteiger partial charge >= 0.3 is 11.6 Å². The zero-order chi connectivity index (χ0) is 25.0. The Morgan fingerprint density at radius 1 is 1.11 bits per heavy atom. The third-order valence-electron chi connectivity index (χ3n) is 8.92. The third kappa shape index (κ3) is 2.83. The van der Waals surface area contributed by atoms with Crippen LogP contribution in [0, 0.1) is 5.82 Å². The number of imidazole rings is 1. The van der Waals surface area contributed by atoms with Crippen LogP contribution in [-0.4, -0.2) is 61.6 Å². The van der Waals surface area contributed by atoms with Gasteiger partial charge in [0.1, 0.15) is 17.1 Å². The van der Waals surface area contributed by atoms with Crippen molar-refractivity contribution in [1.29, 1.82) is 0 Å². The molecule has 8 nitrogen and oxygen atoms in total. The molecule has 1 N–H and O–H groups in total. The van der Waals surface area contributed by atoms with Gasteiger partial charge in [0.05, 0.1) is 12.1 Å². The number of benzene rings is 1. The molecule has 7 rings (SSSR count). The van der Waals surface area contributed by atoms with Gasteiger partial charge in [0.25, 0.3) is 5.91 Å². The maximum atomic E-state index is 13.6. The number of carbonyl (C=O) groups is 2. The van der Waals surface area contributed by atoms with Crippen LogP contribution in [0.5, 0.6) is 0 Å². The van der Waals surface area contributed by atoms with E-state index in [4.69, 9.17) is 5.10 Å². The Balaban J connectivity index is 1.39. The minimum Gasteiger partial charge on any atom is -0.380 e. The second-order valence-electron chi connectivity index (χ2n) is 11.4. The summed E-state index contributed by atoms with van der Waals surface area (Å²) in [5.74, 6) is -0.607. The van der Waals surface area contributed by atoms with Gasteiger partial charge in [-0.2, -0.15) is 4.57 Å². The van der Waals surface area contributed by atoms with Crippen LogP contribution in [-0.2, 0) is 15.9 Å². The number of halogens is 1. The van der Waals surface area contributed by atoms with Crippen molar-refractivity contribution >= 4 is 17.5 Å². The van der Waals surface area contributed by atoms with Crippen molar-refractivity contribution in [2.45, 2.75) is 62.6 Å². The van der Waals surface area contributed by atoms with Gasteiger partial charge < -0.3 is 10.0 Å². The summed E-state index contributed by atoms with van der Waals surface area (Å²) in [7, 11) is 0. The first-order valence-electron chi connectivity index (χ1n) is 12.7. The summed E-state index contributed by atoms with van der Waals surface area (Å²) in [6.07, 6.45) is 5.69. The van der Waals surface area contributed by atoms with E-state index in [1.54, 1.807) is 27.7 Å².